The van der Waals surface area contributed by atoms with Gasteiger partial charge in [-0.25, -0.2) is 0 Å². The molecule has 2 bridgehead atoms. The van der Waals surface area contributed by atoms with E-state index in [1.54, 1.807) is 6.92 Å². The summed E-state index contributed by atoms with van der Waals surface area (Å²) in [6.07, 6.45) is -4.44. The molecule has 2 aliphatic carbocycles. The number of ketones is 2. The van der Waals surface area contributed by atoms with Gasteiger partial charge < -0.3 is 29.9 Å². The van der Waals surface area contributed by atoms with Gasteiger partial charge in [0.25, 0.3) is 0 Å². The van der Waals surface area contributed by atoms with E-state index in [0.29, 0.717) is 11.1 Å². The lowest BCUT2D eigenvalue weighted by atomic mass is 9.63. The molecule has 0 amide bonds. The Morgan fingerprint density at radius 2 is 1.94 bits per heavy atom. The van der Waals surface area contributed by atoms with E-state index in [2.05, 4.69) is 0 Å². The summed E-state index contributed by atoms with van der Waals surface area (Å²) >= 11 is 0. The summed E-state index contributed by atoms with van der Waals surface area (Å²) in [5, 5.41) is 41.8. The number of carbonyl (C=O) groups excluding carboxylic acids is 2. The number of fused-ring (bicyclic) bond motifs is 4. The molecule has 9 nitrogen and oxygen atoms in total. The van der Waals surface area contributed by atoms with Crippen molar-refractivity contribution >= 4 is 17.5 Å². The van der Waals surface area contributed by atoms with Crippen molar-refractivity contribution in [3.8, 4) is 5.75 Å². The second kappa shape index (κ2) is 6.46. The van der Waals surface area contributed by atoms with Gasteiger partial charge in [-0.2, -0.15) is 0 Å². The van der Waals surface area contributed by atoms with Crippen molar-refractivity contribution in [2.45, 2.75) is 69.2 Å². The molecule has 6 atom stereocenters. The van der Waals surface area contributed by atoms with E-state index < -0.39 is 59.4 Å². The number of carbonyl (C=O) groups is 3. The SMILES string of the molecule is C[C@@H]1O[C@@H](CC(=O)O)Cc2cc3c(c(O)c21)C(=O)C1=C(C3=O)[C@H]2C[C@@H](O)[C@@]1(O)[C@@H](C)O2. The van der Waals surface area contributed by atoms with Crippen molar-refractivity contribution < 1.29 is 44.3 Å². The monoisotopic (exact) mass is 430 g/mol. The highest BCUT2D eigenvalue weighted by Crippen LogP contribution is 2.51. The molecule has 3 heterocycles. The molecule has 3 aliphatic heterocycles. The lowest BCUT2D eigenvalue weighted by Gasteiger charge is -2.52. The number of carboxylic acids is 1. The first-order valence-electron chi connectivity index (χ1n) is 10.2. The van der Waals surface area contributed by atoms with E-state index in [-0.39, 0.29) is 41.5 Å². The number of Topliss-reactive ketones (excluding diaryl/α,β-unsaturated/α-hetero) is 2. The molecule has 0 spiro atoms. The number of phenolic OH excluding ortho intramolecular Hbond substituents is 1. The van der Waals surface area contributed by atoms with Crippen LogP contribution in [0.15, 0.2) is 17.2 Å². The van der Waals surface area contributed by atoms with Crippen molar-refractivity contribution in [2.24, 2.45) is 0 Å². The van der Waals surface area contributed by atoms with Crippen LogP contribution >= 0.6 is 0 Å². The van der Waals surface area contributed by atoms with Crippen LogP contribution in [0.2, 0.25) is 0 Å². The first kappa shape index (κ1) is 20.3. The summed E-state index contributed by atoms with van der Waals surface area (Å²) in [6.45, 7) is 3.16. The van der Waals surface area contributed by atoms with Gasteiger partial charge in [-0.3, -0.25) is 14.4 Å². The van der Waals surface area contributed by atoms with Gasteiger partial charge in [0.1, 0.15) is 11.4 Å². The van der Waals surface area contributed by atoms with Crippen LogP contribution < -0.4 is 0 Å². The predicted molar refractivity (Wildman–Crippen MR) is 103 cm³/mol. The largest absolute Gasteiger partial charge is 0.507 e. The summed E-state index contributed by atoms with van der Waals surface area (Å²) in [5.41, 5.74) is -1.62. The van der Waals surface area contributed by atoms with Crippen molar-refractivity contribution in [1.29, 1.82) is 0 Å². The minimum absolute atomic E-state index is 0.00920. The van der Waals surface area contributed by atoms with Gasteiger partial charge in [0.15, 0.2) is 11.6 Å². The number of hydrogen-bond donors (Lipinski definition) is 4. The number of hydrogen-bond acceptors (Lipinski definition) is 8. The maximum absolute atomic E-state index is 13.5. The van der Waals surface area contributed by atoms with Crippen LogP contribution in [0.5, 0.6) is 5.75 Å². The number of ether oxygens (including phenoxy) is 2. The minimum atomic E-state index is -2.05. The topological polar surface area (TPSA) is 151 Å². The number of aliphatic hydroxyl groups excluding tert-OH is 1. The fourth-order valence-electron chi connectivity index (χ4n) is 5.56. The van der Waals surface area contributed by atoms with Crippen LogP contribution in [0.25, 0.3) is 0 Å². The van der Waals surface area contributed by atoms with E-state index in [1.807, 2.05) is 0 Å². The standard InChI is InChI=1S/C22H22O9/c1-7-15-9(3-10(30-7)5-14(24)25)4-11-16(20(15)27)21(28)18-17(19(11)26)12-6-13(23)22(18,29)8(2)31-12/h4,7-8,10,12-13,23,27,29H,3,5-6H2,1-2H3,(H,24,25)/t7-,8+,10+,12+,13+,22-/m0/s1. The Morgan fingerprint density at radius 1 is 1.23 bits per heavy atom. The highest BCUT2D eigenvalue weighted by atomic mass is 16.5. The summed E-state index contributed by atoms with van der Waals surface area (Å²) in [6, 6.07) is 1.51. The molecule has 9 heteroatoms. The quantitative estimate of drug-likeness (QED) is 0.535. The summed E-state index contributed by atoms with van der Waals surface area (Å²) in [7, 11) is 0. The van der Waals surface area contributed by atoms with Crippen molar-refractivity contribution in [3.05, 3.63) is 39.5 Å². The van der Waals surface area contributed by atoms with E-state index in [0.717, 1.165) is 0 Å². The van der Waals surface area contributed by atoms with Gasteiger partial charge in [0.2, 0.25) is 0 Å². The van der Waals surface area contributed by atoms with E-state index in [1.165, 1.54) is 13.0 Å². The van der Waals surface area contributed by atoms with Gasteiger partial charge >= 0.3 is 5.97 Å². The third kappa shape index (κ3) is 2.54. The Morgan fingerprint density at radius 3 is 2.58 bits per heavy atom. The Balaban J connectivity index is 1.68. The van der Waals surface area contributed by atoms with Crippen LogP contribution in [0.4, 0.5) is 0 Å². The zero-order chi connectivity index (χ0) is 22.4. The zero-order valence-electron chi connectivity index (χ0n) is 16.9. The molecular formula is C22H22O9. The van der Waals surface area contributed by atoms with Crippen LogP contribution in [0.3, 0.4) is 0 Å². The molecule has 4 N–H and O–H groups in total. The van der Waals surface area contributed by atoms with Crippen molar-refractivity contribution in [1.82, 2.24) is 0 Å². The molecule has 0 saturated carbocycles. The molecule has 5 aliphatic rings. The lowest BCUT2D eigenvalue weighted by Crippen LogP contribution is -2.66. The first-order chi connectivity index (χ1) is 14.6. The second-order valence-corrected chi connectivity index (χ2v) is 8.71. The number of aliphatic carboxylic acids is 1. The molecule has 1 aromatic carbocycles. The molecule has 31 heavy (non-hydrogen) atoms. The van der Waals surface area contributed by atoms with Crippen molar-refractivity contribution in [3.63, 3.8) is 0 Å². The summed E-state index contributed by atoms with van der Waals surface area (Å²) in [4.78, 5) is 38.0. The third-order valence-electron chi connectivity index (χ3n) is 6.95. The highest BCUT2D eigenvalue weighted by molar-refractivity contribution is 6.29. The Kier molecular flexibility index (Phi) is 4.23. The smallest absolute Gasteiger partial charge is 0.305 e. The third-order valence-corrected chi connectivity index (χ3v) is 6.95. The van der Waals surface area contributed by atoms with Gasteiger partial charge in [0, 0.05) is 28.7 Å². The molecular weight excluding hydrogens is 408 g/mol. The number of carboxylic acid groups (broad SMARTS) is 1. The normalized spacial score (nSPS) is 36.2. The molecule has 6 rings (SSSR count). The van der Waals surface area contributed by atoms with Gasteiger partial charge in [-0.15, -0.1) is 0 Å². The lowest BCUT2D eigenvalue weighted by molar-refractivity contribution is -0.207. The maximum Gasteiger partial charge on any atom is 0.305 e. The summed E-state index contributed by atoms with van der Waals surface area (Å²) in [5.74, 6) is -2.70. The number of aromatic hydroxyl groups is 1. The molecule has 164 valence electrons. The first-order valence-corrected chi connectivity index (χ1v) is 10.2. The molecule has 0 radical (unpaired) electrons. The zero-order valence-corrected chi connectivity index (χ0v) is 16.9. The Hall–Kier alpha value is -2.59. The molecule has 1 saturated heterocycles. The molecule has 0 unspecified atom stereocenters. The maximum atomic E-state index is 13.5. The second-order valence-electron chi connectivity index (χ2n) is 8.71. The fraction of sp³-hybridized carbons (Fsp3) is 0.500. The Bertz CT molecular complexity index is 1070. The number of aliphatic hydroxyl groups is 2. The predicted octanol–water partition coefficient (Wildman–Crippen LogP) is 0.828. The summed E-state index contributed by atoms with van der Waals surface area (Å²) < 4.78 is 11.4. The van der Waals surface area contributed by atoms with Crippen LogP contribution in [-0.2, 0) is 20.7 Å². The van der Waals surface area contributed by atoms with Crippen LogP contribution in [-0.4, -0.2) is 68.0 Å². The van der Waals surface area contributed by atoms with Crippen LogP contribution in [0.1, 0.15) is 64.6 Å². The van der Waals surface area contributed by atoms with E-state index in [9.17, 15) is 29.7 Å². The number of phenols is 1. The van der Waals surface area contributed by atoms with Gasteiger partial charge in [-0.05, 0) is 31.9 Å². The van der Waals surface area contributed by atoms with Crippen LogP contribution in [0, 0.1) is 0 Å². The molecule has 0 aromatic heterocycles. The minimum Gasteiger partial charge on any atom is -0.507 e. The average Bonchev–Trinajstić information content (AvgIpc) is 2.66. The van der Waals surface area contributed by atoms with E-state index in [4.69, 9.17) is 14.6 Å². The van der Waals surface area contributed by atoms with Gasteiger partial charge in [0.05, 0.1) is 42.5 Å². The number of benzene rings is 1. The van der Waals surface area contributed by atoms with E-state index >= 15 is 0 Å². The molecule has 1 aromatic rings. The average molecular weight is 430 g/mol. The van der Waals surface area contributed by atoms with Gasteiger partial charge in [-0.1, -0.05) is 0 Å². The van der Waals surface area contributed by atoms with Crippen molar-refractivity contribution in [2.75, 3.05) is 0 Å². The Labute approximate surface area is 176 Å². The molecule has 1 fully saturated rings. The highest BCUT2D eigenvalue weighted by Gasteiger charge is 2.62. The fourth-order valence-corrected chi connectivity index (χ4v) is 5.56. The number of rotatable bonds is 2.